The molecule has 2 heterocycles. The number of halogens is 2. The smallest absolute Gasteiger partial charge is 0.135 e. The lowest BCUT2D eigenvalue weighted by Crippen LogP contribution is -2.21. The standard InChI is InChI=1S/C22H15Cl2N3S/c1-13-7-15(8-14(2)27(13)18-10-16(23)9-17(24)11-18)19(12-25)22-26-20-5-3-4-6-21(20)28-22/h3-11H,1-2H3. The van der Waals surface area contributed by atoms with Gasteiger partial charge in [0.25, 0.3) is 0 Å². The van der Waals surface area contributed by atoms with Crippen LogP contribution in [0.1, 0.15) is 18.9 Å². The van der Waals surface area contributed by atoms with Crippen LogP contribution in [0.5, 0.6) is 0 Å². The van der Waals surface area contributed by atoms with Gasteiger partial charge in [-0.15, -0.1) is 11.3 Å². The number of nitriles is 1. The molecule has 0 N–H and O–H groups in total. The molecule has 28 heavy (non-hydrogen) atoms. The van der Waals surface area contributed by atoms with Crippen LogP contribution in [0.25, 0.3) is 15.8 Å². The summed E-state index contributed by atoms with van der Waals surface area (Å²) in [6.07, 6.45) is 3.98. The number of aromatic nitrogens is 1. The molecular weight excluding hydrogens is 409 g/mol. The van der Waals surface area contributed by atoms with Crippen molar-refractivity contribution in [2.45, 2.75) is 13.8 Å². The Morgan fingerprint density at radius 3 is 2.29 bits per heavy atom. The molecule has 1 aliphatic rings. The number of hydrogen-bond donors (Lipinski definition) is 0. The lowest BCUT2D eigenvalue weighted by Gasteiger charge is -2.30. The molecule has 3 aromatic rings. The van der Waals surface area contributed by atoms with Gasteiger partial charge in [-0.25, -0.2) is 4.98 Å². The second-order valence-electron chi connectivity index (χ2n) is 6.46. The van der Waals surface area contributed by atoms with E-state index in [9.17, 15) is 5.26 Å². The highest BCUT2D eigenvalue weighted by molar-refractivity contribution is 7.19. The van der Waals surface area contributed by atoms with E-state index >= 15 is 0 Å². The predicted molar refractivity (Wildman–Crippen MR) is 119 cm³/mol. The van der Waals surface area contributed by atoms with Gasteiger partial charge in [0.1, 0.15) is 11.1 Å². The third-order valence-electron chi connectivity index (χ3n) is 4.45. The molecule has 138 valence electrons. The van der Waals surface area contributed by atoms with Crippen LogP contribution in [0, 0.1) is 11.3 Å². The minimum Gasteiger partial charge on any atom is -0.318 e. The summed E-state index contributed by atoms with van der Waals surface area (Å²) < 4.78 is 1.07. The van der Waals surface area contributed by atoms with Gasteiger partial charge in [-0.3, -0.25) is 0 Å². The van der Waals surface area contributed by atoms with Gasteiger partial charge in [0, 0.05) is 27.1 Å². The largest absolute Gasteiger partial charge is 0.318 e. The molecule has 1 aromatic heterocycles. The molecule has 6 heteroatoms. The molecule has 0 aliphatic carbocycles. The van der Waals surface area contributed by atoms with E-state index in [1.807, 2.05) is 62.4 Å². The van der Waals surface area contributed by atoms with Crippen LogP contribution in [0.4, 0.5) is 5.69 Å². The Bertz CT molecular complexity index is 1150. The van der Waals surface area contributed by atoms with Gasteiger partial charge in [-0.1, -0.05) is 35.3 Å². The molecule has 0 unspecified atom stereocenters. The number of hydrogen-bond acceptors (Lipinski definition) is 4. The minimum absolute atomic E-state index is 0.573. The van der Waals surface area contributed by atoms with Gasteiger partial charge in [-0.2, -0.15) is 5.26 Å². The molecular formula is C22H15Cl2N3S. The Kier molecular flexibility index (Phi) is 4.99. The lowest BCUT2D eigenvalue weighted by atomic mass is 10.0. The quantitative estimate of drug-likeness (QED) is 0.408. The SMILES string of the molecule is CC1=CC(=C(C#N)c2nc3ccccc3s2)C=C(C)N1c1cc(Cl)cc(Cl)c1. The zero-order chi connectivity index (χ0) is 19.8. The second-order valence-corrected chi connectivity index (χ2v) is 8.37. The molecule has 0 radical (unpaired) electrons. The zero-order valence-electron chi connectivity index (χ0n) is 15.2. The number of nitrogens with zero attached hydrogens (tertiary/aromatic N) is 3. The van der Waals surface area contributed by atoms with Crippen molar-refractivity contribution in [1.29, 1.82) is 5.26 Å². The Morgan fingerprint density at radius 1 is 1.04 bits per heavy atom. The number of allylic oxidation sites excluding steroid dienone is 6. The highest BCUT2D eigenvalue weighted by Crippen LogP contribution is 2.36. The Hall–Kier alpha value is -2.58. The van der Waals surface area contributed by atoms with Crippen molar-refractivity contribution in [3.8, 4) is 6.07 Å². The highest BCUT2D eigenvalue weighted by atomic mass is 35.5. The fraction of sp³-hybridized carbons (Fsp3) is 0.0909. The summed E-state index contributed by atoms with van der Waals surface area (Å²) in [6, 6.07) is 15.7. The van der Waals surface area contributed by atoms with Crippen molar-refractivity contribution in [1.82, 2.24) is 4.98 Å². The van der Waals surface area contributed by atoms with E-state index in [4.69, 9.17) is 23.2 Å². The fourth-order valence-electron chi connectivity index (χ4n) is 3.33. The third kappa shape index (κ3) is 3.45. The van der Waals surface area contributed by atoms with Gasteiger partial charge in [-0.05, 0) is 61.9 Å². The summed E-state index contributed by atoms with van der Waals surface area (Å²) in [4.78, 5) is 6.70. The molecule has 0 saturated heterocycles. The van der Waals surface area contributed by atoms with E-state index in [-0.39, 0.29) is 0 Å². The predicted octanol–water partition coefficient (Wildman–Crippen LogP) is 7.21. The van der Waals surface area contributed by atoms with Crippen molar-refractivity contribution in [2.24, 2.45) is 0 Å². The van der Waals surface area contributed by atoms with Crippen molar-refractivity contribution >= 4 is 56.0 Å². The normalized spacial score (nSPS) is 14.0. The van der Waals surface area contributed by atoms with Crippen molar-refractivity contribution in [3.05, 3.63) is 86.6 Å². The Labute approximate surface area is 177 Å². The molecule has 1 aliphatic heterocycles. The summed E-state index contributed by atoms with van der Waals surface area (Å²) in [5.74, 6) is 0. The summed E-state index contributed by atoms with van der Waals surface area (Å²) in [5, 5.41) is 11.7. The molecule has 0 saturated carbocycles. The van der Waals surface area contributed by atoms with E-state index in [1.54, 1.807) is 6.07 Å². The van der Waals surface area contributed by atoms with Crippen LogP contribution in [0.2, 0.25) is 10.0 Å². The Morgan fingerprint density at radius 2 is 1.68 bits per heavy atom. The van der Waals surface area contributed by atoms with Crippen LogP contribution >= 0.6 is 34.5 Å². The van der Waals surface area contributed by atoms with Gasteiger partial charge in [0.15, 0.2) is 0 Å². The number of anilines is 1. The maximum atomic E-state index is 9.84. The molecule has 0 fully saturated rings. The molecule has 4 rings (SSSR count). The minimum atomic E-state index is 0.573. The van der Waals surface area contributed by atoms with E-state index in [2.05, 4.69) is 16.0 Å². The van der Waals surface area contributed by atoms with Gasteiger partial charge < -0.3 is 4.90 Å². The number of rotatable bonds is 2. The Balaban J connectivity index is 1.81. The second kappa shape index (κ2) is 7.44. The third-order valence-corrected chi connectivity index (χ3v) is 5.94. The first-order valence-corrected chi connectivity index (χ1v) is 10.2. The first kappa shape index (κ1) is 18.8. The first-order chi connectivity index (χ1) is 13.5. The summed E-state index contributed by atoms with van der Waals surface area (Å²) in [7, 11) is 0. The molecule has 0 spiro atoms. The maximum Gasteiger partial charge on any atom is 0.135 e. The topological polar surface area (TPSA) is 39.9 Å². The molecule has 0 bridgehead atoms. The first-order valence-electron chi connectivity index (χ1n) is 8.59. The molecule has 3 nitrogen and oxygen atoms in total. The van der Waals surface area contributed by atoms with Crippen LogP contribution < -0.4 is 4.90 Å². The number of benzene rings is 2. The monoisotopic (exact) mass is 423 g/mol. The van der Waals surface area contributed by atoms with Gasteiger partial charge in [0.2, 0.25) is 0 Å². The fourth-order valence-corrected chi connectivity index (χ4v) is 4.83. The van der Waals surface area contributed by atoms with Gasteiger partial charge >= 0.3 is 0 Å². The average molecular weight is 424 g/mol. The van der Waals surface area contributed by atoms with Crippen LogP contribution in [-0.2, 0) is 0 Å². The van der Waals surface area contributed by atoms with E-state index < -0.39 is 0 Å². The highest BCUT2D eigenvalue weighted by Gasteiger charge is 2.20. The van der Waals surface area contributed by atoms with Crippen molar-refractivity contribution in [2.75, 3.05) is 4.90 Å². The number of fused-ring (bicyclic) bond motifs is 1. The summed E-state index contributed by atoms with van der Waals surface area (Å²) >= 11 is 13.9. The summed E-state index contributed by atoms with van der Waals surface area (Å²) in [6.45, 7) is 4.00. The zero-order valence-corrected chi connectivity index (χ0v) is 17.5. The maximum absolute atomic E-state index is 9.84. The van der Waals surface area contributed by atoms with Crippen molar-refractivity contribution in [3.63, 3.8) is 0 Å². The molecule has 2 aromatic carbocycles. The molecule has 0 amide bonds. The number of para-hydroxylation sites is 1. The van der Waals surface area contributed by atoms with E-state index in [1.165, 1.54) is 11.3 Å². The molecule has 0 atom stereocenters. The van der Waals surface area contributed by atoms with E-state index in [0.717, 1.165) is 37.9 Å². The summed E-state index contributed by atoms with van der Waals surface area (Å²) in [5.41, 5.74) is 5.16. The van der Waals surface area contributed by atoms with Crippen LogP contribution in [0.3, 0.4) is 0 Å². The van der Waals surface area contributed by atoms with Crippen LogP contribution in [0.15, 0.2) is 71.6 Å². The van der Waals surface area contributed by atoms with Crippen molar-refractivity contribution < 1.29 is 0 Å². The average Bonchev–Trinajstić information content (AvgIpc) is 3.04. The van der Waals surface area contributed by atoms with Crippen LogP contribution in [-0.4, -0.2) is 4.98 Å². The number of thiazole rings is 1. The van der Waals surface area contributed by atoms with Gasteiger partial charge in [0.05, 0.1) is 15.8 Å². The lowest BCUT2D eigenvalue weighted by molar-refractivity contribution is 1.04. The van der Waals surface area contributed by atoms with E-state index in [0.29, 0.717) is 15.6 Å².